The van der Waals surface area contributed by atoms with E-state index in [1.54, 1.807) is 12.1 Å². The van der Waals surface area contributed by atoms with Crippen LogP contribution in [0.15, 0.2) is 35.3 Å². The summed E-state index contributed by atoms with van der Waals surface area (Å²) in [4.78, 5) is 3.96. The average Bonchev–Trinajstić information content (AvgIpc) is 2.68. The minimum absolute atomic E-state index is 0. The summed E-state index contributed by atoms with van der Waals surface area (Å²) in [6.45, 7) is 0.0131. The fourth-order valence-electron chi connectivity index (χ4n) is 2.60. The van der Waals surface area contributed by atoms with Crippen LogP contribution in [0.25, 0.3) is 0 Å². The van der Waals surface area contributed by atoms with Gasteiger partial charge in [-0.1, -0.05) is 6.07 Å². The van der Waals surface area contributed by atoms with Crippen LogP contribution in [0, 0.1) is 5.82 Å². The number of phenolic OH excluding ortho intramolecular Hbond substituents is 1. The Hall–Kier alpha value is -2.44. The second kappa shape index (κ2) is 11.1. The summed E-state index contributed by atoms with van der Waals surface area (Å²) in [6.07, 6.45) is -4.67. The summed E-state index contributed by atoms with van der Waals surface area (Å²) in [5.74, 6) is -0.444. The molecule has 0 amide bonds. The SMILES string of the molecule is CN=C(NCc1cc(OC)c(O)c(OC)c1)NCc1ccc(F)cc1C(F)(F)F.I. The third kappa shape index (κ3) is 6.54. The molecule has 11 heteroatoms. The molecule has 0 fully saturated rings. The van der Waals surface area contributed by atoms with Crippen LogP contribution in [0.5, 0.6) is 17.2 Å². The van der Waals surface area contributed by atoms with Gasteiger partial charge < -0.3 is 25.2 Å². The van der Waals surface area contributed by atoms with Gasteiger partial charge in [0.2, 0.25) is 5.75 Å². The zero-order chi connectivity index (χ0) is 21.6. The molecule has 0 aliphatic carbocycles. The maximum Gasteiger partial charge on any atom is 0.416 e. The van der Waals surface area contributed by atoms with Crippen molar-refractivity contribution in [3.8, 4) is 17.2 Å². The van der Waals surface area contributed by atoms with E-state index in [1.165, 1.54) is 21.3 Å². The first-order chi connectivity index (χ1) is 13.7. The van der Waals surface area contributed by atoms with Gasteiger partial charge in [-0.2, -0.15) is 13.2 Å². The quantitative estimate of drug-likeness (QED) is 0.222. The lowest BCUT2D eigenvalue weighted by atomic mass is 10.1. The summed E-state index contributed by atoms with van der Waals surface area (Å²) >= 11 is 0. The third-order valence-electron chi connectivity index (χ3n) is 4.05. The van der Waals surface area contributed by atoms with E-state index in [0.717, 1.165) is 12.1 Å². The summed E-state index contributed by atoms with van der Waals surface area (Å²) in [5, 5.41) is 15.6. The van der Waals surface area contributed by atoms with Gasteiger partial charge in [0.25, 0.3) is 0 Å². The topological polar surface area (TPSA) is 75.1 Å². The van der Waals surface area contributed by atoms with Gasteiger partial charge in [-0.3, -0.25) is 4.99 Å². The predicted molar refractivity (Wildman–Crippen MR) is 115 cm³/mol. The standard InChI is InChI=1S/C19H21F4N3O3.HI/c1-24-18(25-9-11-6-15(28-2)17(27)16(7-11)29-3)26-10-12-4-5-13(20)8-14(12)19(21,22)23;/h4-8,27H,9-10H2,1-3H3,(H2,24,25,26);1H. The van der Waals surface area contributed by atoms with E-state index in [0.29, 0.717) is 11.6 Å². The number of rotatable bonds is 6. The van der Waals surface area contributed by atoms with Crippen LogP contribution in [-0.2, 0) is 19.3 Å². The van der Waals surface area contributed by atoms with E-state index in [2.05, 4.69) is 15.6 Å². The first kappa shape index (κ1) is 25.6. The number of phenols is 1. The number of halogens is 5. The van der Waals surface area contributed by atoms with Gasteiger partial charge in [0.05, 0.1) is 19.8 Å². The molecule has 30 heavy (non-hydrogen) atoms. The lowest BCUT2D eigenvalue weighted by Crippen LogP contribution is -2.36. The largest absolute Gasteiger partial charge is 0.502 e. The van der Waals surface area contributed by atoms with Crippen molar-refractivity contribution in [1.29, 1.82) is 0 Å². The van der Waals surface area contributed by atoms with Gasteiger partial charge in [0.15, 0.2) is 17.5 Å². The van der Waals surface area contributed by atoms with Crippen LogP contribution in [0.3, 0.4) is 0 Å². The smallest absolute Gasteiger partial charge is 0.416 e. The number of nitrogens with one attached hydrogen (secondary N) is 2. The molecule has 0 saturated heterocycles. The number of hydrogen-bond acceptors (Lipinski definition) is 4. The van der Waals surface area contributed by atoms with Crippen LogP contribution in [0.2, 0.25) is 0 Å². The molecule has 0 aromatic heterocycles. The number of ether oxygens (including phenoxy) is 2. The Kier molecular flexibility index (Phi) is 9.46. The molecule has 2 aromatic rings. The van der Waals surface area contributed by atoms with Gasteiger partial charge in [-0.25, -0.2) is 4.39 Å². The number of nitrogens with zero attached hydrogens (tertiary/aromatic N) is 1. The molecule has 0 aliphatic rings. The minimum Gasteiger partial charge on any atom is -0.502 e. The molecule has 2 aromatic carbocycles. The molecule has 2 rings (SSSR count). The molecule has 166 valence electrons. The number of aromatic hydroxyl groups is 1. The molecule has 0 spiro atoms. The molecule has 0 saturated carbocycles. The van der Waals surface area contributed by atoms with Crippen molar-refractivity contribution < 1.29 is 32.1 Å². The highest BCUT2D eigenvalue weighted by Crippen LogP contribution is 2.37. The second-order valence-electron chi connectivity index (χ2n) is 5.93. The molecule has 0 bridgehead atoms. The van der Waals surface area contributed by atoms with E-state index in [-0.39, 0.29) is 65.8 Å². The molecule has 0 radical (unpaired) electrons. The Morgan fingerprint density at radius 1 is 1.03 bits per heavy atom. The Morgan fingerprint density at radius 3 is 2.10 bits per heavy atom. The number of alkyl halides is 3. The normalized spacial score (nSPS) is 11.5. The number of benzene rings is 2. The maximum atomic E-state index is 13.2. The number of aliphatic imine (C=N–C) groups is 1. The second-order valence-corrected chi connectivity index (χ2v) is 5.93. The fraction of sp³-hybridized carbons (Fsp3) is 0.316. The zero-order valence-corrected chi connectivity index (χ0v) is 18.8. The maximum absolute atomic E-state index is 13.2. The summed E-state index contributed by atoms with van der Waals surface area (Å²) < 4.78 is 62.7. The molecule has 0 aliphatic heterocycles. The molecule has 0 unspecified atom stereocenters. The van der Waals surface area contributed by atoms with E-state index < -0.39 is 17.6 Å². The average molecular weight is 543 g/mol. The highest BCUT2D eigenvalue weighted by atomic mass is 127. The van der Waals surface area contributed by atoms with Crippen LogP contribution < -0.4 is 20.1 Å². The molecular weight excluding hydrogens is 521 g/mol. The van der Waals surface area contributed by atoms with Crippen LogP contribution in [-0.4, -0.2) is 32.3 Å². The molecule has 0 atom stereocenters. The van der Waals surface area contributed by atoms with Crippen molar-refractivity contribution in [1.82, 2.24) is 10.6 Å². The van der Waals surface area contributed by atoms with E-state index in [9.17, 15) is 22.7 Å². The Bertz CT molecular complexity index is 867. The molecule has 6 nitrogen and oxygen atoms in total. The lowest BCUT2D eigenvalue weighted by molar-refractivity contribution is -0.138. The van der Waals surface area contributed by atoms with Crippen molar-refractivity contribution in [2.45, 2.75) is 19.3 Å². The third-order valence-corrected chi connectivity index (χ3v) is 4.05. The van der Waals surface area contributed by atoms with Crippen LogP contribution >= 0.6 is 24.0 Å². The molecular formula is C19H22F4IN3O3. The van der Waals surface area contributed by atoms with E-state index in [4.69, 9.17) is 9.47 Å². The van der Waals surface area contributed by atoms with Gasteiger partial charge >= 0.3 is 6.18 Å². The van der Waals surface area contributed by atoms with Gasteiger partial charge in [0.1, 0.15) is 5.82 Å². The first-order valence-corrected chi connectivity index (χ1v) is 8.43. The fourth-order valence-corrected chi connectivity index (χ4v) is 2.60. The van der Waals surface area contributed by atoms with Crippen LogP contribution in [0.4, 0.5) is 17.6 Å². The Balaban J connectivity index is 0.00000450. The van der Waals surface area contributed by atoms with Crippen molar-refractivity contribution in [3.05, 3.63) is 52.8 Å². The van der Waals surface area contributed by atoms with Crippen LogP contribution in [0.1, 0.15) is 16.7 Å². The Labute approximate surface area is 188 Å². The summed E-state index contributed by atoms with van der Waals surface area (Å²) in [5.41, 5.74) is -0.486. The van der Waals surface area contributed by atoms with Gasteiger partial charge in [-0.05, 0) is 35.4 Å². The highest BCUT2D eigenvalue weighted by molar-refractivity contribution is 14.0. The summed E-state index contributed by atoms with van der Waals surface area (Å²) in [6, 6.07) is 5.67. The van der Waals surface area contributed by atoms with Crippen molar-refractivity contribution in [2.24, 2.45) is 4.99 Å². The van der Waals surface area contributed by atoms with Crippen molar-refractivity contribution in [2.75, 3.05) is 21.3 Å². The van der Waals surface area contributed by atoms with E-state index in [1.807, 2.05) is 0 Å². The lowest BCUT2D eigenvalue weighted by Gasteiger charge is -2.16. The number of methoxy groups -OCH3 is 2. The molecule has 3 N–H and O–H groups in total. The Morgan fingerprint density at radius 2 is 1.60 bits per heavy atom. The zero-order valence-electron chi connectivity index (χ0n) is 16.4. The molecule has 0 heterocycles. The van der Waals surface area contributed by atoms with Crippen molar-refractivity contribution >= 4 is 29.9 Å². The van der Waals surface area contributed by atoms with E-state index >= 15 is 0 Å². The highest BCUT2D eigenvalue weighted by Gasteiger charge is 2.33. The number of hydrogen-bond donors (Lipinski definition) is 3. The predicted octanol–water partition coefficient (Wildman–Crippen LogP) is 4.05. The van der Waals surface area contributed by atoms with Gasteiger partial charge in [0, 0.05) is 20.1 Å². The van der Waals surface area contributed by atoms with Gasteiger partial charge in [-0.15, -0.1) is 24.0 Å². The first-order valence-electron chi connectivity index (χ1n) is 8.43. The van der Waals surface area contributed by atoms with Crippen molar-refractivity contribution in [3.63, 3.8) is 0 Å². The minimum atomic E-state index is -4.67. The monoisotopic (exact) mass is 543 g/mol. The summed E-state index contributed by atoms with van der Waals surface area (Å²) in [7, 11) is 4.25. The number of guanidine groups is 1.